The molecule has 2 N–H and O–H groups in total. The molecule has 100 valence electrons. The number of likely N-dealkylation sites (N-methyl/N-ethyl adjacent to an activating group) is 1. The molecule has 0 aromatic carbocycles. The topological polar surface area (TPSA) is 87.5 Å². The predicted molar refractivity (Wildman–Crippen MR) is 65.4 cm³/mol. The van der Waals surface area contributed by atoms with Crippen LogP contribution < -0.4 is 5.32 Å². The summed E-state index contributed by atoms with van der Waals surface area (Å²) in [6, 6.07) is 1.41. The molecule has 1 rings (SSSR count). The first-order chi connectivity index (χ1) is 8.50. The number of nitrogens with zero attached hydrogens (tertiary/aromatic N) is 3. The molecule has 0 unspecified atom stereocenters. The van der Waals surface area contributed by atoms with Crippen LogP contribution >= 0.6 is 0 Å². The van der Waals surface area contributed by atoms with Gasteiger partial charge in [0, 0.05) is 25.7 Å². The van der Waals surface area contributed by atoms with Crippen molar-refractivity contribution >= 4 is 11.9 Å². The second-order valence-electron chi connectivity index (χ2n) is 4.15. The van der Waals surface area contributed by atoms with Crippen molar-refractivity contribution in [3.05, 3.63) is 18.0 Å². The van der Waals surface area contributed by atoms with Gasteiger partial charge in [-0.2, -0.15) is 5.10 Å². The number of rotatable bonds is 7. The maximum absolute atomic E-state index is 11.5. The molecular formula is C11H18N4O3. The second kappa shape index (κ2) is 6.75. The van der Waals surface area contributed by atoms with E-state index in [1.165, 1.54) is 16.9 Å². The Morgan fingerprint density at radius 1 is 1.50 bits per heavy atom. The van der Waals surface area contributed by atoms with E-state index in [4.69, 9.17) is 5.11 Å². The normalized spacial score (nSPS) is 10.6. The summed E-state index contributed by atoms with van der Waals surface area (Å²) < 4.78 is 1.31. The van der Waals surface area contributed by atoms with Gasteiger partial charge < -0.3 is 15.3 Å². The number of aromatic nitrogens is 2. The molecule has 0 atom stereocenters. The Labute approximate surface area is 105 Å². The van der Waals surface area contributed by atoms with E-state index >= 15 is 0 Å². The number of hydrogen-bond donors (Lipinski definition) is 2. The lowest BCUT2D eigenvalue weighted by Crippen LogP contribution is -2.32. The number of nitrogens with one attached hydrogen (secondary N) is 1. The maximum Gasteiger partial charge on any atom is 0.354 e. The van der Waals surface area contributed by atoms with E-state index in [9.17, 15) is 9.59 Å². The van der Waals surface area contributed by atoms with Gasteiger partial charge in [-0.1, -0.05) is 0 Å². The second-order valence-corrected chi connectivity index (χ2v) is 4.15. The van der Waals surface area contributed by atoms with Crippen LogP contribution in [0.5, 0.6) is 0 Å². The Kier molecular flexibility index (Phi) is 5.31. The van der Waals surface area contributed by atoms with Gasteiger partial charge in [0.25, 0.3) is 0 Å². The number of carboxylic acid groups (broad SMARTS) is 1. The molecule has 0 aliphatic heterocycles. The van der Waals surface area contributed by atoms with E-state index in [2.05, 4.69) is 10.4 Å². The van der Waals surface area contributed by atoms with Crippen LogP contribution in [0.3, 0.4) is 0 Å². The highest BCUT2D eigenvalue weighted by Crippen LogP contribution is 2.00. The van der Waals surface area contributed by atoms with E-state index in [-0.39, 0.29) is 24.6 Å². The molecule has 0 saturated heterocycles. The minimum atomic E-state index is -1.04. The number of aromatic carboxylic acids is 1. The van der Waals surface area contributed by atoms with Crippen molar-refractivity contribution in [2.45, 2.75) is 13.0 Å². The fourth-order valence-corrected chi connectivity index (χ4v) is 1.41. The number of aryl methyl sites for hydroxylation is 1. The zero-order valence-electron chi connectivity index (χ0n) is 10.6. The van der Waals surface area contributed by atoms with Gasteiger partial charge in [0.15, 0.2) is 0 Å². The summed E-state index contributed by atoms with van der Waals surface area (Å²) >= 11 is 0. The summed E-state index contributed by atoms with van der Waals surface area (Å²) in [5, 5.41) is 15.5. The third kappa shape index (κ3) is 4.54. The first kappa shape index (κ1) is 14.2. The quantitative estimate of drug-likeness (QED) is 0.694. The average molecular weight is 254 g/mol. The lowest BCUT2D eigenvalue weighted by atomic mass is 10.3. The molecule has 7 heteroatoms. The van der Waals surface area contributed by atoms with Gasteiger partial charge in [0.2, 0.25) is 5.91 Å². The first-order valence-electron chi connectivity index (χ1n) is 5.67. The molecule has 0 spiro atoms. The van der Waals surface area contributed by atoms with Crippen LogP contribution in [0.4, 0.5) is 0 Å². The minimum absolute atomic E-state index is 0.0936. The van der Waals surface area contributed by atoms with Crippen molar-refractivity contribution in [1.82, 2.24) is 20.0 Å². The predicted octanol–water partition coefficient (Wildman–Crippen LogP) is -0.351. The van der Waals surface area contributed by atoms with E-state index in [0.717, 1.165) is 6.54 Å². The fourth-order valence-electron chi connectivity index (χ4n) is 1.41. The van der Waals surface area contributed by atoms with E-state index in [1.807, 2.05) is 19.0 Å². The van der Waals surface area contributed by atoms with Crippen LogP contribution in [0.25, 0.3) is 0 Å². The number of amides is 1. The third-order valence-corrected chi connectivity index (χ3v) is 2.37. The standard InChI is InChI=1S/C11H18N4O3/c1-14(2)8-6-12-10(16)4-7-15-9(11(17)18)3-5-13-15/h3,5H,4,6-8H2,1-2H3,(H,12,16)(H,17,18). The molecule has 0 aliphatic carbocycles. The monoisotopic (exact) mass is 254 g/mol. The number of carboxylic acids is 1. The minimum Gasteiger partial charge on any atom is -0.477 e. The van der Waals surface area contributed by atoms with E-state index < -0.39 is 5.97 Å². The molecule has 0 radical (unpaired) electrons. The molecule has 1 amide bonds. The Balaban J connectivity index is 2.34. The fraction of sp³-hybridized carbons (Fsp3) is 0.545. The van der Waals surface area contributed by atoms with Gasteiger partial charge in [-0.15, -0.1) is 0 Å². The number of carbonyl (C=O) groups excluding carboxylic acids is 1. The average Bonchev–Trinajstić information content (AvgIpc) is 2.74. The van der Waals surface area contributed by atoms with Crippen molar-refractivity contribution in [2.75, 3.05) is 27.2 Å². The van der Waals surface area contributed by atoms with Crippen LogP contribution in [0.2, 0.25) is 0 Å². The SMILES string of the molecule is CN(C)CCNC(=O)CCn1nccc1C(=O)O. The molecule has 18 heavy (non-hydrogen) atoms. The summed E-state index contributed by atoms with van der Waals surface area (Å²) in [7, 11) is 3.85. The van der Waals surface area contributed by atoms with Gasteiger partial charge in [0.05, 0.1) is 6.54 Å². The lowest BCUT2D eigenvalue weighted by molar-refractivity contribution is -0.121. The van der Waals surface area contributed by atoms with Crippen LogP contribution in [0, 0.1) is 0 Å². The molecule has 7 nitrogen and oxygen atoms in total. The Hall–Kier alpha value is -1.89. The highest BCUT2D eigenvalue weighted by Gasteiger charge is 2.10. The first-order valence-corrected chi connectivity index (χ1v) is 5.67. The van der Waals surface area contributed by atoms with Crippen molar-refractivity contribution in [1.29, 1.82) is 0 Å². The summed E-state index contributed by atoms with van der Waals surface area (Å²) in [6.07, 6.45) is 1.63. The molecule has 0 saturated carbocycles. The van der Waals surface area contributed by atoms with Gasteiger partial charge in [-0.25, -0.2) is 4.79 Å². The van der Waals surface area contributed by atoms with Crippen molar-refractivity contribution in [3.8, 4) is 0 Å². The van der Waals surface area contributed by atoms with Crippen LogP contribution in [0.15, 0.2) is 12.3 Å². The van der Waals surface area contributed by atoms with Gasteiger partial charge in [0.1, 0.15) is 5.69 Å². The van der Waals surface area contributed by atoms with E-state index in [0.29, 0.717) is 6.54 Å². The molecule has 0 fully saturated rings. The van der Waals surface area contributed by atoms with Gasteiger partial charge in [-0.3, -0.25) is 9.48 Å². The molecule has 1 aromatic rings. The number of carbonyl (C=O) groups is 2. The highest BCUT2D eigenvalue weighted by atomic mass is 16.4. The Morgan fingerprint density at radius 3 is 2.83 bits per heavy atom. The van der Waals surface area contributed by atoms with Crippen LogP contribution in [-0.4, -0.2) is 58.8 Å². The van der Waals surface area contributed by atoms with Crippen LogP contribution in [-0.2, 0) is 11.3 Å². The zero-order valence-corrected chi connectivity index (χ0v) is 10.6. The van der Waals surface area contributed by atoms with Gasteiger partial charge >= 0.3 is 5.97 Å². The van der Waals surface area contributed by atoms with Crippen molar-refractivity contribution in [3.63, 3.8) is 0 Å². The largest absolute Gasteiger partial charge is 0.477 e. The Morgan fingerprint density at radius 2 is 2.22 bits per heavy atom. The van der Waals surface area contributed by atoms with Crippen molar-refractivity contribution in [2.24, 2.45) is 0 Å². The van der Waals surface area contributed by atoms with Crippen molar-refractivity contribution < 1.29 is 14.7 Å². The number of hydrogen-bond acceptors (Lipinski definition) is 4. The highest BCUT2D eigenvalue weighted by molar-refractivity contribution is 5.85. The zero-order chi connectivity index (χ0) is 13.5. The molecule has 0 bridgehead atoms. The summed E-state index contributed by atoms with van der Waals surface area (Å²) in [4.78, 5) is 24.3. The smallest absolute Gasteiger partial charge is 0.354 e. The summed E-state index contributed by atoms with van der Waals surface area (Å²) in [5.74, 6) is -1.15. The van der Waals surface area contributed by atoms with Gasteiger partial charge in [-0.05, 0) is 20.2 Å². The molecular weight excluding hydrogens is 236 g/mol. The molecule has 1 aromatic heterocycles. The molecule has 1 heterocycles. The summed E-state index contributed by atoms with van der Waals surface area (Å²) in [6.45, 7) is 1.62. The van der Waals surface area contributed by atoms with Crippen LogP contribution in [0.1, 0.15) is 16.9 Å². The summed E-state index contributed by atoms with van der Waals surface area (Å²) in [5.41, 5.74) is 0.0936. The van der Waals surface area contributed by atoms with E-state index in [1.54, 1.807) is 0 Å². The molecule has 0 aliphatic rings. The lowest BCUT2D eigenvalue weighted by Gasteiger charge is -2.10. The maximum atomic E-state index is 11.5. The third-order valence-electron chi connectivity index (χ3n) is 2.37. The Bertz CT molecular complexity index is 414.